The van der Waals surface area contributed by atoms with E-state index in [1.165, 1.54) is 32.1 Å². The third-order valence-corrected chi connectivity index (χ3v) is 7.65. The quantitative estimate of drug-likeness (QED) is 0.693. The highest BCUT2D eigenvalue weighted by atomic mass is 16.5. The molecular formula is C18H28O3. The van der Waals surface area contributed by atoms with Crippen LogP contribution in [0.4, 0.5) is 0 Å². The number of hydrogen-bond acceptors (Lipinski definition) is 3. The molecule has 0 spiro atoms. The molecule has 0 aromatic heterocycles. The number of esters is 1. The Kier molecular flexibility index (Phi) is 2.99. The Bertz CT molecular complexity index is 461. The lowest BCUT2D eigenvalue weighted by molar-refractivity contribution is -0.175. The van der Waals surface area contributed by atoms with Crippen molar-refractivity contribution in [2.24, 2.45) is 28.6 Å². The molecule has 21 heavy (non-hydrogen) atoms. The molecule has 3 nitrogen and oxygen atoms in total. The van der Waals surface area contributed by atoms with Crippen LogP contribution in [0, 0.1) is 28.6 Å². The lowest BCUT2D eigenvalue weighted by Gasteiger charge is -2.58. The molecule has 3 aliphatic carbocycles. The van der Waals surface area contributed by atoms with Crippen molar-refractivity contribution in [3.8, 4) is 0 Å². The van der Waals surface area contributed by atoms with Crippen LogP contribution in [0.25, 0.3) is 0 Å². The Morgan fingerprint density at radius 2 is 1.95 bits per heavy atom. The van der Waals surface area contributed by atoms with Gasteiger partial charge in [-0.05, 0) is 63.2 Å². The van der Waals surface area contributed by atoms with Crippen LogP contribution in [-0.2, 0) is 14.3 Å². The summed E-state index contributed by atoms with van der Waals surface area (Å²) in [7, 11) is 1.54. The van der Waals surface area contributed by atoms with Gasteiger partial charge < -0.3 is 9.47 Å². The normalized spacial score (nSPS) is 54.9. The Morgan fingerprint density at radius 1 is 1.14 bits per heavy atom. The molecule has 4 aliphatic rings. The zero-order valence-corrected chi connectivity index (χ0v) is 13.6. The third kappa shape index (κ3) is 1.62. The van der Waals surface area contributed by atoms with Crippen LogP contribution < -0.4 is 0 Å². The van der Waals surface area contributed by atoms with E-state index in [0.29, 0.717) is 24.0 Å². The molecule has 4 fully saturated rings. The molecule has 0 aromatic carbocycles. The highest BCUT2D eigenvalue weighted by Gasteiger charge is 2.68. The van der Waals surface area contributed by atoms with E-state index >= 15 is 0 Å². The fourth-order valence-electron chi connectivity index (χ4n) is 6.82. The lowest BCUT2D eigenvalue weighted by atomic mass is 9.44. The summed E-state index contributed by atoms with van der Waals surface area (Å²) in [5.41, 5.74) is -0.115. The van der Waals surface area contributed by atoms with Gasteiger partial charge in [0, 0.05) is 5.41 Å². The maximum Gasteiger partial charge on any atom is 0.311 e. The molecule has 3 heteroatoms. The van der Waals surface area contributed by atoms with Crippen molar-refractivity contribution in [1.29, 1.82) is 0 Å². The van der Waals surface area contributed by atoms with Gasteiger partial charge in [0.1, 0.15) is 0 Å². The maximum atomic E-state index is 12.5. The van der Waals surface area contributed by atoms with E-state index in [1.807, 2.05) is 0 Å². The molecule has 0 amide bonds. The predicted molar refractivity (Wildman–Crippen MR) is 79.7 cm³/mol. The summed E-state index contributed by atoms with van der Waals surface area (Å²) < 4.78 is 11.7. The Hall–Kier alpha value is -0.570. The molecule has 1 aliphatic heterocycles. The van der Waals surface area contributed by atoms with Crippen LogP contribution in [0.2, 0.25) is 0 Å². The van der Waals surface area contributed by atoms with Gasteiger partial charge in [-0.15, -0.1) is 0 Å². The van der Waals surface area contributed by atoms with Crippen molar-refractivity contribution in [2.45, 2.75) is 71.0 Å². The molecule has 1 saturated heterocycles. The molecule has 3 saturated carbocycles. The summed E-state index contributed by atoms with van der Waals surface area (Å²) in [5, 5.41) is 0. The number of ether oxygens (including phenoxy) is 2. The van der Waals surface area contributed by atoms with Crippen molar-refractivity contribution in [2.75, 3.05) is 7.11 Å². The van der Waals surface area contributed by atoms with E-state index in [0.717, 1.165) is 18.8 Å². The molecule has 118 valence electrons. The Labute approximate surface area is 127 Å². The highest BCUT2D eigenvalue weighted by Crippen LogP contribution is 2.68. The van der Waals surface area contributed by atoms with Gasteiger partial charge >= 0.3 is 5.97 Å². The van der Waals surface area contributed by atoms with Gasteiger partial charge in [-0.3, -0.25) is 4.79 Å². The van der Waals surface area contributed by atoms with Gasteiger partial charge in [0.05, 0.1) is 24.7 Å². The van der Waals surface area contributed by atoms with E-state index in [4.69, 9.17) is 9.47 Å². The number of hydrogen-bond donors (Lipinski definition) is 0. The van der Waals surface area contributed by atoms with E-state index in [9.17, 15) is 4.79 Å². The minimum absolute atomic E-state index is 0.00452. The van der Waals surface area contributed by atoms with Gasteiger partial charge in [0.2, 0.25) is 0 Å². The molecule has 0 bridgehead atoms. The largest absolute Gasteiger partial charge is 0.469 e. The zero-order valence-electron chi connectivity index (χ0n) is 13.6. The minimum Gasteiger partial charge on any atom is -0.469 e. The van der Waals surface area contributed by atoms with Crippen LogP contribution in [0.3, 0.4) is 0 Å². The van der Waals surface area contributed by atoms with Crippen LogP contribution >= 0.6 is 0 Å². The molecule has 7 atom stereocenters. The summed E-state index contributed by atoms with van der Waals surface area (Å²) >= 11 is 0. The van der Waals surface area contributed by atoms with Crippen molar-refractivity contribution in [3.05, 3.63) is 0 Å². The smallest absolute Gasteiger partial charge is 0.311 e. The highest BCUT2D eigenvalue weighted by molar-refractivity contribution is 5.77. The SMILES string of the molecule is COC(=O)[C@]1(C)CCC2OC3CCC[C@@H]4CC[C@@H]1[C@@]2(C)[C@@H]34. The summed E-state index contributed by atoms with van der Waals surface area (Å²) in [4.78, 5) is 12.5. The molecule has 4 rings (SSSR count). The van der Waals surface area contributed by atoms with Gasteiger partial charge in [-0.2, -0.15) is 0 Å². The average Bonchev–Trinajstić information content (AvgIpc) is 2.79. The molecule has 0 N–H and O–H groups in total. The fraction of sp³-hybridized carbons (Fsp3) is 0.944. The molecular weight excluding hydrogens is 264 g/mol. The number of carbonyl (C=O) groups is 1. The van der Waals surface area contributed by atoms with E-state index in [1.54, 1.807) is 7.11 Å². The summed E-state index contributed by atoms with van der Waals surface area (Å²) in [6.45, 7) is 4.59. The lowest BCUT2D eigenvalue weighted by Crippen LogP contribution is -2.58. The number of rotatable bonds is 1. The molecule has 0 radical (unpaired) electrons. The van der Waals surface area contributed by atoms with Gasteiger partial charge in [-0.25, -0.2) is 0 Å². The average molecular weight is 292 g/mol. The minimum atomic E-state index is -0.305. The first-order valence-corrected chi connectivity index (χ1v) is 8.75. The van der Waals surface area contributed by atoms with Gasteiger partial charge in [-0.1, -0.05) is 13.3 Å². The number of methoxy groups -OCH3 is 1. The Balaban J connectivity index is 1.76. The van der Waals surface area contributed by atoms with Crippen molar-refractivity contribution >= 4 is 5.97 Å². The predicted octanol–water partition coefficient (Wildman–Crippen LogP) is 3.56. The van der Waals surface area contributed by atoms with Crippen LogP contribution in [0.5, 0.6) is 0 Å². The maximum absolute atomic E-state index is 12.5. The van der Waals surface area contributed by atoms with Crippen molar-refractivity contribution in [3.63, 3.8) is 0 Å². The zero-order chi connectivity index (χ0) is 14.8. The van der Waals surface area contributed by atoms with E-state index in [2.05, 4.69) is 13.8 Å². The summed E-state index contributed by atoms with van der Waals surface area (Å²) in [6.07, 6.45) is 9.17. The topological polar surface area (TPSA) is 35.5 Å². The van der Waals surface area contributed by atoms with Gasteiger partial charge in [0.25, 0.3) is 0 Å². The fourth-order valence-corrected chi connectivity index (χ4v) is 6.82. The Morgan fingerprint density at radius 3 is 2.71 bits per heavy atom. The number of carbonyl (C=O) groups excluding carboxylic acids is 1. The van der Waals surface area contributed by atoms with Crippen molar-refractivity contribution < 1.29 is 14.3 Å². The first kappa shape index (κ1) is 14.0. The molecule has 2 unspecified atom stereocenters. The first-order chi connectivity index (χ1) is 10.0. The van der Waals surface area contributed by atoms with E-state index in [-0.39, 0.29) is 16.8 Å². The second kappa shape index (κ2) is 4.47. The summed E-state index contributed by atoms with van der Waals surface area (Å²) in [6, 6.07) is 0. The van der Waals surface area contributed by atoms with Crippen LogP contribution in [0.1, 0.15) is 58.8 Å². The van der Waals surface area contributed by atoms with E-state index < -0.39 is 0 Å². The second-order valence-corrected chi connectivity index (χ2v) is 8.32. The third-order valence-electron chi connectivity index (χ3n) is 7.65. The van der Waals surface area contributed by atoms with Gasteiger partial charge in [0.15, 0.2) is 0 Å². The first-order valence-electron chi connectivity index (χ1n) is 8.75. The van der Waals surface area contributed by atoms with Crippen LogP contribution in [0.15, 0.2) is 0 Å². The second-order valence-electron chi connectivity index (χ2n) is 8.32. The standard InChI is InChI=1S/C18H28O3/c1-17(16(19)20-3)10-9-14-18(2)13(17)8-7-11-5-4-6-12(21-14)15(11)18/h11-15H,4-10H2,1-3H3/t11-,12?,13+,14?,15-,17-,18-/m1/s1. The molecule has 0 aromatic rings. The van der Waals surface area contributed by atoms with Crippen LogP contribution in [-0.4, -0.2) is 25.3 Å². The van der Waals surface area contributed by atoms with Crippen molar-refractivity contribution in [1.82, 2.24) is 0 Å². The summed E-state index contributed by atoms with van der Waals surface area (Å²) in [5.74, 6) is 1.94. The monoisotopic (exact) mass is 292 g/mol. The molecule has 1 heterocycles.